The van der Waals surface area contributed by atoms with Crippen molar-refractivity contribution in [1.82, 2.24) is 4.90 Å². The van der Waals surface area contributed by atoms with Crippen LogP contribution in [0.5, 0.6) is 5.75 Å². The van der Waals surface area contributed by atoms with Gasteiger partial charge >= 0.3 is 0 Å². The zero-order valence-corrected chi connectivity index (χ0v) is 17.4. The van der Waals surface area contributed by atoms with Crippen LogP contribution in [-0.4, -0.2) is 31.1 Å². The predicted molar refractivity (Wildman–Crippen MR) is 119 cm³/mol. The van der Waals surface area contributed by atoms with E-state index in [0.29, 0.717) is 28.5 Å². The second kappa shape index (κ2) is 9.45. The van der Waals surface area contributed by atoms with Crippen molar-refractivity contribution in [2.45, 2.75) is 45.4 Å². The van der Waals surface area contributed by atoms with Gasteiger partial charge in [0.25, 0.3) is 0 Å². The summed E-state index contributed by atoms with van der Waals surface area (Å²) < 4.78 is 11.7. The van der Waals surface area contributed by atoms with Crippen LogP contribution in [0, 0.1) is 5.92 Å². The Labute approximate surface area is 172 Å². The van der Waals surface area contributed by atoms with E-state index >= 15 is 0 Å². The van der Waals surface area contributed by atoms with E-state index in [1.54, 1.807) is 6.07 Å². The van der Waals surface area contributed by atoms with Gasteiger partial charge in [-0.2, -0.15) is 0 Å². The van der Waals surface area contributed by atoms with E-state index in [1.165, 1.54) is 51.7 Å². The minimum Gasteiger partial charge on any atom is -0.494 e. The molecule has 1 saturated heterocycles. The van der Waals surface area contributed by atoms with Gasteiger partial charge < -0.3 is 14.1 Å². The Balaban J connectivity index is 1.24. The number of benzene rings is 2. The number of unbranched alkanes of at least 4 members (excludes halogenated alkanes) is 3. The molecule has 0 N–H and O–H groups in total. The Morgan fingerprint density at radius 1 is 1.03 bits per heavy atom. The number of nitrogens with zero attached hydrogens (tertiary/aromatic N) is 1. The van der Waals surface area contributed by atoms with E-state index in [-0.39, 0.29) is 5.43 Å². The van der Waals surface area contributed by atoms with Crippen LogP contribution in [0.15, 0.2) is 51.7 Å². The molecule has 0 bridgehead atoms. The van der Waals surface area contributed by atoms with Gasteiger partial charge in [0.1, 0.15) is 16.9 Å². The van der Waals surface area contributed by atoms with E-state index in [2.05, 4.69) is 11.8 Å². The van der Waals surface area contributed by atoms with Crippen LogP contribution >= 0.6 is 0 Å². The fraction of sp³-hybridized carbons (Fsp3) is 0.480. The molecule has 1 aliphatic rings. The number of ether oxygens (including phenoxy) is 1. The molecule has 0 spiro atoms. The number of rotatable bonds is 8. The first-order valence-electron chi connectivity index (χ1n) is 11.0. The molecule has 0 aliphatic carbocycles. The highest BCUT2D eigenvalue weighted by Crippen LogP contribution is 2.23. The van der Waals surface area contributed by atoms with Gasteiger partial charge in [-0.1, -0.05) is 31.9 Å². The lowest BCUT2D eigenvalue weighted by Crippen LogP contribution is -2.34. The molecule has 2 heterocycles. The molecule has 1 atom stereocenters. The first-order chi connectivity index (χ1) is 14.2. The van der Waals surface area contributed by atoms with Crippen LogP contribution in [-0.2, 0) is 0 Å². The third kappa shape index (κ3) is 4.99. The van der Waals surface area contributed by atoms with Crippen LogP contribution in [0.4, 0.5) is 0 Å². The molecule has 4 heteroatoms. The quantitative estimate of drug-likeness (QED) is 0.368. The number of para-hydroxylation sites is 1. The summed E-state index contributed by atoms with van der Waals surface area (Å²) in [6.07, 6.45) is 7.50. The molecule has 4 rings (SSSR count). The Kier molecular flexibility index (Phi) is 6.50. The van der Waals surface area contributed by atoms with Gasteiger partial charge in [0, 0.05) is 6.54 Å². The normalized spacial score (nSPS) is 17.8. The summed E-state index contributed by atoms with van der Waals surface area (Å²) in [7, 11) is 0. The number of hydrogen-bond acceptors (Lipinski definition) is 4. The molecule has 1 aromatic heterocycles. The van der Waals surface area contributed by atoms with Gasteiger partial charge in [0.15, 0.2) is 0 Å². The van der Waals surface area contributed by atoms with Crippen LogP contribution in [0.2, 0.25) is 0 Å². The highest BCUT2D eigenvalue weighted by atomic mass is 16.5. The molecule has 0 amide bonds. The molecule has 3 aromatic rings. The number of fused-ring (bicyclic) bond motifs is 2. The third-order valence-electron chi connectivity index (χ3n) is 5.93. The maximum atomic E-state index is 12.7. The predicted octanol–water partition coefficient (Wildman–Crippen LogP) is 5.62. The van der Waals surface area contributed by atoms with Crippen molar-refractivity contribution < 1.29 is 9.15 Å². The smallest absolute Gasteiger partial charge is 0.200 e. The van der Waals surface area contributed by atoms with Crippen LogP contribution in [0.25, 0.3) is 21.9 Å². The molecule has 1 fully saturated rings. The molecule has 154 valence electrons. The molecule has 1 aliphatic heterocycles. The first-order valence-corrected chi connectivity index (χ1v) is 11.0. The third-order valence-corrected chi connectivity index (χ3v) is 5.93. The first kappa shape index (κ1) is 20.0. The molecule has 2 aromatic carbocycles. The summed E-state index contributed by atoms with van der Waals surface area (Å²) in [5, 5.41) is 1.19. The van der Waals surface area contributed by atoms with Gasteiger partial charge in [-0.05, 0) is 75.0 Å². The van der Waals surface area contributed by atoms with Crippen molar-refractivity contribution in [1.29, 1.82) is 0 Å². The van der Waals surface area contributed by atoms with Gasteiger partial charge in [0.05, 0.1) is 17.4 Å². The lowest BCUT2D eigenvalue weighted by molar-refractivity contribution is 0.180. The van der Waals surface area contributed by atoms with Gasteiger partial charge in [0.2, 0.25) is 5.43 Å². The van der Waals surface area contributed by atoms with Crippen LogP contribution in [0.3, 0.4) is 0 Å². The summed E-state index contributed by atoms with van der Waals surface area (Å²) >= 11 is 0. The second-order valence-corrected chi connectivity index (χ2v) is 8.40. The molecule has 0 saturated carbocycles. The molecular weight excluding hydrogens is 362 g/mol. The van der Waals surface area contributed by atoms with E-state index in [4.69, 9.17) is 9.15 Å². The number of piperidine rings is 1. The van der Waals surface area contributed by atoms with E-state index in [1.807, 2.05) is 36.4 Å². The molecular formula is C25H31NO3. The Hall–Kier alpha value is -2.33. The highest BCUT2D eigenvalue weighted by molar-refractivity contribution is 5.90. The van der Waals surface area contributed by atoms with Crippen molar-refractivity contribution in [3.63, 3.8) is 0 Å². The topological polar surface area (TPSA) is 42.7 Å². The highest BCUT2D eigenvalue weighted by Gasteiger charge is 2.15. The average Bonchev–Trinajstić information content (AvgIpc) is 2.74. The van der Waals surface area contributed by atoms with E-state index in [9.17, 15) is 4.79 Å². The summed E-state index contributed by atoms with van der Waals surface area (Å²) in [6.45, 7) is 6.83. The van der Waals surface area contributed by atoms with Crippen molar-refractivity contribution in [2.24, 2.45) is 5.92 Å². The molecule has 29 heavy (non-hydrogen) atoms. The lowest BCUT2D eigenvalue weighted by Gasteiger charge is -2.30. The fourth-order valence-corrected chi connectivity index (χ4v) is 4.34. The lowest BCUT2D eigenvalue weighted by atomic mass is 10.00. The van der Waals surface area contributed by atoms with Gasteiger partial charge in [-0.15, -0.1) is 0 Å². The summed E-state index contributed by atoms with van der Waals surface area (Å²) in [6, 6.07) is 12.9. The largest absolute Gasteiger partial charge is 0.494 e. The maximum absolute atomic E-state index is 12.7. The Morgan fingerprint density at radius 2 is 1.86 bits per heavy atom. The second-order valence-electron chi connectivity index (χ2n) is 8.40. The number of hydrogen-bond donors (Lipinski definition) is 0. The van der Waals surface area contributed by atoms with Crippen molar-refractivity contribution in [2.75, 3.05) is 26.2 Å². The summed E-state index contributed by atoms with van der Waals surface area (Å²) in [4.78, 5) is 15.3. The standard InChI is InChI=1S/C25H31NO3/c1-19-9-8-15-26(18-19)14-6-2-3-7-16-28-20-12-13-24-22(17-20)25(27)21-10-4-5-11-23(21)29-24/h4-5,10-13,17,19H,2-3,6-9,14-16,18H2,1H3. The zero-order chi connectivity index (χ0) is 20.1. The van der Waals surface area contributed by atoms with Crippen molar-refractivity contribution in [3.8, 4) is 5.75 Å². The molecule has 4 nitrogen and oxygen atoms in total. The average molecular weight is 394 g/mol. The fourth-order valence-electron chi connectivity index (χ4n) is 4.34. The minimum atomic E-state index is -0.000619. The van der Waals surface area contributed by atoms with E-state index < -0.39 is 0 Å². The Bertz CT molecular complexity index is 1010. The minimum absolute atomic E-state index is 0.000619. The molecule has 0 radical (unpaired) electrons. The van der Waals surface area contributed by atoms with Crippen molar-refractivity contribution >= 4 is 21.9 Å². The van der Waals surface area contributed by atoms with Gasteiger partial charge in [-0.3, -0.25) is 4.79 Å². The summed E-state index contributed by atoms with van der Waals surface area (Å²) in [5.74, 6) is 1.60. The van der Waals surface area contributed by atoms with Crippen LogP contribution in [0.1, 0.15) is 45.4 Å². The molecule has 1 unspecified atom stereocenters. The zero-order valence-electron chi connectivity index (χ0n) is 17.4. The van der Waals surface area contributed by atoms with Crippen LogP contribution < -0.4 is 10.2 Å². The van der Waals surface area contributed by atoms with E-state index in [0.717, 1.165) is 18.1 Å². The van der Waals surface area contributed by atoms with Gasteiger partial charge in [-0.25, -0.2) is 0 Å². The Morgan fingerprint density at radius 3 is 2.76 bits per heavy atom. The maximum Gasteiger partial charge on any atom is 0.200 e. The van der Waals surface area contributed by atoms with Crippen molar-refractivity contribution in [3.05, 3.63) is 52.7 Å². The summed E-state index contributed by atoms with van der Waals surface area (Å²) in [5.41, 5.74) is 1.23. The number of likely N-dealkylation sites (tertiary alicyclic amines) is 1. The monoisotopic (exact) mass is 393 g/mol. The SMILES string of the molecule is CC1CCCN(CCCCCCOc2ccc3oc4ccccc4c(=O)c3c2)C1.